The molecule has 0 saturated carbocycles. The van der Waals surface area contributed by atoms with Crippen molar-refractivity contribution in [1.82, 2.24) is 15.5 Å². The zero-order chi connectivity index (χ0) is 20.5. The Morgan fingerprint density at radius 2 is 1.77 bits per heavy atom. The zero-order valence-corrected chi connectivity index (χ0v) is 17.0. The average Bonchev–Trinajstić information content (AvgIpc) is 2.72. The van der Waals surface area contributed by atoms with E-state index < -0.39 is 34.5 Å². The standard InChI is InChI=1S/C19H33N3O4/c1-9-10-13-11-22(16(25)26)14(17(3,4)5)19(13,20-12(2)23)15(24)21-18(6,7)8/h9,13-14H,1,10-11H2,2-8H3,(H,20,23)(H,21,24)(H,25,26). The fourth-order valence-electron chi connectivity index (χ4n) is 4.03. The van der Waals surface area contributed by atoms with Gasteiger partial charge in [-0.25, -0.2) is 4.79 Å². The van der Waals surface area contributed by atoms with Crippen molar-refractivity contribution in [2.45, 2.75) is 72.0 Å². The van der Waals surface area contributed by atoms with Gasteiger partial charge in [-0.3, -0.25) is 9.59 Å². The molecule has 0 aromatic heterocycles. The molecule has 7 heteroatoms. The van der Waals surface area contributed by atoms with Crippen LogP contribution >= 0.6 is 0 Å². The summed E-state index contributed by atoms with van der Waals surface area (Å²) in [5.74, 6) is -1.15. The number of nitrogens with zero attached hydrogens (tertiary/aromatic N) is 1. The summed E-state index contributed by atoms with van der Waals surface area (Å²) in [6, 6.07) is -0.719. The number of carboxylic acid groups (broad SMARTS) is 1. The van der Waals surface area contributed by atoms with E-state index in [0.29, 0.717) is 6.42 Å². The molecule has 3 amide bonds. The van der Waals surface area contributed by atoms with E-state index >= 15 is 0 Å². The number of nitrogens with one attached hydrogen (secondary N) is 2. The molecule has 1 saturated heterocycles. The average molecular weight is 367 g/mol. The molecule has 0 aromatic rings. The fraction of sp³-hybridized carbons (Fsp3) is 0.737. The van der Waals surface area contributed by atoms with Gasteiger partial charge in [0, 0.05) is 24.9 Å². The Hall–Kier alpha value is -2.05. The van der Waals surface area contributed by atoms with Gasteiger partial charge in [-0.15, -0.1) is 6.58 Å². The highest BCUT2D eigenvalue weighted by Gasteiger charge is 2.64. The van der Waals surface area contributed by atoms with Gasteiger partial charge in [0.25, 0.3) is 0 Å². The SMILES string of the molecule is C=CCC1CN(C(=O)O)C(C(C)(C)C)C1(NC(C)=O)C(=O)NC(C)(C)C. The third-order valence-electron chi connectivity index (χ3n) is 4.57. The number of likely N-dealkylation sites (tertiary alicyclic amines) is 1. The van der Waals surface area contributed by atoms with Gasteiger partial charge < -0.3 is 20.6 Å². The number of rotatable bonds is 4. The lowest BCUT2D eigenvalue weighted by Crippen LogP contribution is -2.71. The number of hydrogen-bond donors (Lipinski definition) is 3. The van der Waals surface area contributed by atoms with E-state index in [2.05, 4.69) is 17.2 Å². The van der Waals surface area contributed by atoms with Crippen LogP contribution in [0.25, 0.3) is 0 Å². The molecule has 0 aliphatic carbocycles. The maximum absolute atomic E-state index is 13.4. The van der Waals surface area contributed by atoms with Gasteiger partial charge in [-0.05, 0) is 32.6 Å². The zero-order valence-electron chi connectivity index (χ0n) is 17.0. The van der Waals surface area contributed by atoms with Gasteiger partial charge in [0.15, 0.2) is 0 Å². The molecule has 1 rings (SSSR count). The second-order valence-corrected chi connectivity index (χ2v) is 9.18. The lowest BCUT2D eigenvalue weighted by molar-refractivity contribution is -0.138. The van der Waals surface area contributed by atoms with Crippen molar-refractivity contribution in [3.05, 3.63) is 12.7 Å². The van der Waals surface area contributed by atoms with E-state index in [0.717, 1.165) is 0 Å². The molecule has 3 unspecified atom stereocenters. The van der Waals surface area contributed by atoms with Gasteiger partial charge in [0.2, 0.25) is 11.8 Å². The first kappa shape index (κ1) is 22.0. The number of amides is 3. The van der Waals surface area contributed by atoms with E-state index in [1.807, 2.05) is 41.5 Å². The van der Waals surface area contributed by atoms with Crippen LogP contribution in [0.1, 0.15) is 54.9 Å². The second-order valence-electron chi connectivity index (χ2n) is 9.18. The lowest BCUT2D eigenvalue weighted by Gasteiger charge is -2.46. The molecule has 1 aliphatic heterocycles. The van der Waals surface area contributed by atoms with Crippen LogP contribution in [0.4, 0.5) is 4.79 Å². The number of carbonyl (C=O) groups excluding carboxylic acids is 2. The van der Waals surface area contributed by atoms with Crippen LogP contribution in [0.5, 0.6) is 0 Å². The summed E-state index contributed by atoms with van der Waals surface area (Å²) in [5, 5.41) is 15.6. The molecule has 3 N–H and O–H groups in total. The normalized spacial score (nSPS) is 26.3. The van der Waals surface area contributed by atoms with Crippen LogP contribution in [0.2, 0.25) is 0 Å². The Labute approximate surface area is 156 Å². The Morgan fingerprint density at radius 3 is 2.12 bits per heavy atom. The fourth-order valence-corrected chi connectivity index (χ4v) is 4.03. The molecule has 0 aromatic carbocycles. The third-order valence-corrected chi connectivity index (χ3v) is 4.57. The topological polar surface area (TPSA) is 98.7 Å². The Morgan fingerprint density at radius 1 is 1.23 bits per heavy atom. The summed E-state index contributed by atoms with van der Waals surface area (Å²) >= 11 is 0. The predicted octanol–water partition coefficient (Wildman–Crippen LogP) is 2.38. The first-order valence-electron chi connectivity index (χ1n) is 8.88. The van der Waals surface area contributed by atoms with Gasteiger partial charge in [-0.1, -0.05) is 26.8 Å². The van der Waals surface area contributed by atoms with E-state index in [9.17, 15) is 19.5 Å². The highest BCUT2D eigenvalue weighted by molar-refractivity contribution is 5.94. The first-order valence-corrected chi connectivity index (χ1v) is 8.88. The molecule has 1 heterocycles. The van der Waals surface area contributed by atoms with Gasteiger partial charge in [0.1, 0.15) is 5.54 Å². The van der Waals surface area contributed by atoms with E-state index in [-0.39, 0.29) is 18.4 Å². The van der Waals surface area contributed by atoms with Crippen molar-refractivity contribution < 1.29 is 19.5 Å². The monoisotopic (exact) mass is 367 g/mol. The summed E-state index contributed by atoms with van der Waals surface area (Å²) in [7, 11) is 0. The van der Waals surface area contributed by atoms with Crippen molar-refractivity contribution in [2.24, 2.45) is 11.3 Å². The smallest absolute Gasteiger partial charge is 0.407 e. The summed E-state index contributed by atoms with van der Waals surface area (Å²) in [5.41, 5.74) is -2.48. The summed E-state index contributed by atoms with van der Waals surface area (Å²) < 4.78 is 0. The maximum Gasteiger partial charge on any atom is 0.407 e. The Bertz CT molecular complexity index is 589. The summed E-state index contributed by atoms with van der Waals surface area (Å²) in [6.45, 7) is 16.4. The molecule has 7 nitrogen and oxygen atoms in total. The molecule has 0 bridgehead atoms. The van der Waals surface area contributed by atoms with Crippen LogP contribution in [0, 0.1) is 11.3 Å². The largest absolute Gasteiger partial charge is 0.465 e. The van der Waals surface area contributed by atoms with Crippen LogP contribution < -0.4 is 10.6 Å². The van der Waals surface area contributed by atoms with Crippen molar-refractivity contribution in [3.63, 3.8) is 0 Å². The highest BCUT2D eigenvalue weighted by Crippen LogP contribution is 2.45. The number of hydrogen-bond acceptors (Lipinski definition) is 3. The van der Waals surface area contributed by atoms with E-state index in [4.69, 9.17) is 0 Å². The maximum atomic E-state index is 13.4. The third kappa shape index (κ3) is 4.37. The van der Waals surface area contributed by atoms with Gasteiger partial charge >= 0.3 is 6.09 Å². The Kier molecular flexibility index (Phi) is 6.16. The first-order chi connectivity index (χ1) is 11.7. The second kappa shape index (κ2) is 7.29. The number of allylic oxidation sites excluding steroid dienone is 1. The van der Waals surface area contributed by atoms with Crippen LogP contribution in [-0.2, 0) is 9.59 Å². The molecule has 0 spiro atoms. The molecule has 148 valence electrons. The molecule has 0 radical (unpaired) electrons. The minimum absolute atomic E-state index is 0.154. The van der Waals surface area contributed by atoms with Gasteiger partial charge in [0.05, 0.1) is 6.04 Å². The lowest BCUT2D eigenvalue weighted by atomic mass is 9.69. The molecule has 3 atom stereocenters. The van der Waals surface area contributed by atoms with E-state index in [1.165, 1.54) is 11.8 Å². The highest BCUT2D eigenvalue weighted by atomic mass is 16.4. The molecule has 1 aliphatic rings. The van der Waals surface area contributed by atoms with Crippen molar-refractivity contribution in [1.29, 1.82) is 0 Å². The Balaban J connectivity index is 3.68. The summed E-state index contributed by atoms with van der Waals surface area (Å²) in [6.07, 6.45) is 0.972. The molecule has 26 heavy (non-hydrogen) atoms. The van der Waals surface area contributed by atoms with E-state index in [1.54, 1.807) is 6.08 Å². The predicted molar refractivity (Wildman–Crippen MR) is 101 cm³/mol. The van der Waals surface area contributed by atoms with Crippen molar-refractivity contribution >= 4 is 17.9 Å². The van der Waals surface area contributed by atoms with Crippen LogP contribution in [0.15, 0.2) is 12.7 Å². The van der Waals surface area contributed by atoms with Crippen molar-refractivity contribution in [2.75, 3.05) is 6.54 Å². The van der Waals surface area contributed by atoms with Crippen LogP contribution in [-0.4, -0.2) is 51.6 Å². The molecular weight excluding hydrogens is 334 g/mol. The number of carbonyl (C=O) groups is 3. The molecular formula is C19H33N3O4. The molecule has 1 fully saturated rings. The summed E-state index contributed by atoms with van der Waals surface area (Å²) in [4.78, 5) is 38.8. The quantitative estimate of drug-likeness (QED) is 0.664. The minimum atomic E-state index is -1.37. The van der Waals surface area contributed by atoms with Crippen LogP contribution in [0.3, 0.4) is 0 Å². The minimum Gasteiger partial charge on any atom is -0.465 e. The van der Waals surface area contributed by atoms with Crippen molar-refractivity contribution in [3.8, 4) is 0 Å². The van der Waals surface area contributed by atoms with Gasteiger partial charge in [-0.2, -0.15) is 0 Å².